The summed E-state index contributed by atoms with van der Waals surface area (Å²) in [4.78, 5) is 2.44. The number of benzene rings is 8. The van der Waals surface area contributed by atoms with Crippen LogP contribution in [0.1, 0.15) is 6.42 Å². The van der Waals surface area contributed by atoms with Gasteiger partial charge in [0.15, 0.2) is 0 Å². The molecule has 1 heterocycles. The largest absolute Gasteiger partial charge is 0.367 e. The first-order valence-electron chi connectivity index (χ1n) is 17.2. The van der Waals surface area contributed by atoms with E-state index in [9.17, 15) is 0 Å². The predicted molar refractivity (Wildman–Crippen MR) is 211 cm³/mol. The fourth-order valence-corrected chi connectivity index (χ4v) is 8.33. The van der Waals surface area contributed by atoms with Gasteiger partial charge < -0.3 is 9.47 Å². The Morgan fingerprint density at radius 1 is 0.510 bits per heavy atom. The zero-order valence-electron chi connectivity index (χ0n) is 27.3. The molecule has 0 bridgehead atoms. The Morgan fingerprint density at radius 2 is 1.12 bits per heavy atom. The van der Waals surface area contributed by atoms with E-state index in [0.717, 1.165) is 6.42 Å². The quantitative estimate of drug-likeness (QED) is 0.176. The van der Waals surface area contributed by atoms with Crippen LogP contribution in [-0.4, -0.2) is 17.7 Å². The fraction of sp³-hybridized carbons (Fsp3) is 0.0638. The van der Waals surface area contributed by atoms with Crippen LogP contribution in [-0.2, 0) is 0 Å². The molecule has 0 N–H and O–H groups in total. The van der Waals surface area contributed by atoms with Crippen molar-refractivity contribution in [1.29, 1.82) is 0 Å². The number of allylic oxidation sites excluding steroid dienone is 2. The molecule has 0 radical (unpaired) electrons. The summed E-state index contributed by atoms with van der Waals surface area (Å²) >= 11 is 0. The lowest BCUT2D eigenvalue weighted by Crippen LogP contribution is -2.30. The number of hydrogen-bond acceptors (Lipinski definition) is 1. The van der Waals surface area contributed by atoms with Gasteiger partial charge in [-0.3, -0.25) is 0 Å². The van der Waals surface area contributed by atoms with Crippen LogP contribution in [0.15, 0.2) is 170 Å². The number of likely N-dealkylation sites (N-methyl/N-ethyl adjacent to an activating group) is 1. The Labute approximate surface area is 285 Å². The maximum atomic E-state index is 2.47. The minimum Gasteiger partial charge on any atom is -0.367 e. The molecule has 1 atom stereocenters. The van der Waals surface area contributed by atoms with Crippen molar-refractivity contribution in [1.82, 2.24) is 4.57 Å². The van der Waals surface area contributed by atoms with Gasteiger partial charge in [-0.2, -0.15) is 0 Å². The second kappa shape index (κ2) is 11.0. The molecule has 49 heavy (non-hydrogen) atoms. The molecule has 1 unspecified atom stereocenters. The fourth-order valence-electron chi connectivity index (χ4n) is 8.33. The zero-order chi connectivity index (χ0) is 32.5. The molecular formula is C47H34N2. The summed E-state index contributed by atoms with van der Waals surface area (Å²) in [6.45, 7) is 0. The highest BCUT2D eigenvalue weighted by atomic mass is 15.1. The van der Waals surface area contributed by atoms with Gasteiger partial charge in [0, 0.05) is 34.8 Å². The lowest BCUT2D eigenvalue weighted by molar-refractivity contribution is 0.755. The molecule has 0 spiro atoms. The van der Waals surface area contributed by atoms with Crippen LogP contribution in [0.4, 0.5) is 5.69 Å². The predicted octanol–water partition coefficient (Wildman–Crippen LogP) is 12.4. The van der Waals surface area contributed by atoms with E-state index in [1.54, 1.807) is 0 Å². The molecule has 8 aromatic carbocycles. The number of para-hydroxylation sites is 1. The minimum atomic E-state index is 0.309. The van der Waals surface area contributed by atoms with Gasteiger partial charge in [0.05, 0.1) is 17.1 Å². The number of hydrogen-bond donors (Lipinski definition) is 0. The van der Waals surface area contributed by atoms with Gasteiger partial charge in [-0.1, -0.05) is 140 Å². The molecule has 1 aliphatic rings. The molecule has 0 saturated heterocycles. The summed E-state index contributed by atoms with van der Waals surface area (Å²) in [6.07, 6.45) is 9.90. The van der Waals surface area contributed by atoms with Crippen molar-refractivity contribution in [2.75, 3.05) is 11.9 Å². The van der Waals surface area contributed by atoms with Crippen molar-refractivity contribution < 1.29 is 0 Å². The number of rotatable bonds is 4. The molecule has 10 rings (SSSR count). The number of aromatic nitrogens is 1. The van der Waals surface area contributed by atoms with E-state index in [1.165, 1.54) is 87.4 Å². The average molecular weight is 627 g/mol. The Morgan fingerprint density at radius 3 is 1.86 bits per heavy atom. The summed E-state index contributed by atoms with van der Waals surface area (Å²) in [5, 5.41) is 12.8. The first-order valence-corrected chi connectivity index (χ1v) is 17.2. The summed E-state index contributed by atoms with van der Waals surface area (Å²) in [7, 11) is 2.24. The molecule has 1 aliphatic carbocycles. The van der Waals surface area contributed by atoms with E-state index in [4.69, 9.17) is 0 Å². The number of fused-ring (bicyclic) bond motifs is 10. The zero-order valence-corrected chi connectivity index (χ0v) is 27.3. The molecule has 0 aliphatic heterocycles. The lowest BCUT2D eigenvalue weighted by atomic mass is 9.93. The Balaban J connectivity index is 1.25. The third kappa shape index (κ3) is 4.27. The lowest BCUT2D eigenvalue weighted by Gasteiger charge is -2.31. The van der Waals surface area contributed by atoms with Crippen molar-refractivity contribution in [3.63, 3.8) is 0 Å². The van der Waals surface area contributed by atoms with Gasteiger partial charge in [0.2, 0.25) is 0 Å². The standard InChI is InChI=1S/C47H34N2/c1-48(33-14-3-2-4-15-33)45-28-24-31-13-5-6-16-35(31)47(45)32-23-26-42-41-21-11-12-22-44(41)49(46(42)29-32)34-25-27-40-38-19-8-7-17-36(38)37-18-9-10-20-39(37)43(40)30-34/h2-14,16-30,33H,15H2,1H3. The van der Waals surface area contributed by atoms with E-state index in [1.807, 2.05) is 0 Å². The van der Waals surface area contributed by atoms with E-state index in [0.29, 0.717) is 6.04 Å². The second-order valence-corrected chi connectivity index (χ2v) is 13.3. The Hall–Kier alpha value is -6.12. The minimum absolute atomic E-state index is 0.309. The number of anilines is 1. The molecule has 2 nitrogen and oxygen atoms in total. The summed E-state index contributed by atoms with van der Waals surface area (Å²) in [6, 6.07) is 54.3. The number of nitrogens with zero attached hydrogens (tertiary/aromatic N) is 2. The van der Waals surface area contributed by atoms with Crippen LogP contribution in [0.3, 0.4) is 0 Å². The maximum absolute atomic E-state index is 2.47. The molecule has 1 aromatic heterocycles. The highest BCUT2D eigenvalue weighted by Gasteiger charge is 2.21. The second-order valence-electron chi connectivity index (χ2n) is 13.3. The van der Waals surface area contributed by atoms with E-state index < -0.39 is 0 Å². The van der Waals surface area contributed by atoms with Gasteiger partial charge >= 0.3 is 0 Å². The molecule has 9 aromatic rings. The maximum Gasteiger partial charge on any atom is 0.0547 e. The molecule has 0 saturated carbocycles. The molecule has 232 valence electrons. The van der Waals surface area contributed by atoms with Crippen molar-refractivity contribution in [3.8, 4) is 16.8 Å². The van der Waals surface area contributed by atoms with Crippen molar-refractivity contribution >= 4 is 70.6 Å². The highest BCUT2D eigenvalue weighted by molar-refractivity contribution is 6.25. The molecule has 2 heteroatoms. The first-order chi connectivity index (χ1) is 24.2. The molecule has 0 fully saturated rings. The Kier molecular flexibility index (Phi) is 6.25. The summed E-state index contributed by atoms with van der Waals surface area (Å²) in [5.41, 5.74) is 7.35. The van der Waals surface area contributed by atoms with Crippen LogP contribution in [0.2, 0.25) is 0 Å². The van der Waals surface area contributed by atoms with Crippen LogP contribution in [0.25, 0.3) is 81.7 Å². The van der Waals surface area contributed by atoms with Gasteiger partial charge in [-0.25, -0.2) is 0 Å². The van der Waals surface area contributed by atoms with Crippen LogP contribution < -0.4 is 4.90 Å². The summed E-state index contributed by atoms with van der Waals surface area (Å²) < 4.78 is 2.47. The van der Waals surface area contributed by atoms with Gasteiger partial charge in [-0.15, -0.1) is 0 Å². The van der Waals surface area contributed by atoms with E-state index >= 15 is 0 Å². The van der Waals surface area contributed by atoms with Crippen molar-refractivity contribution in [2.24, 2.45) is 0 Å². The van der Waals surface area contributed by atoms with Crippen molar-refractivity contribution in [3.05, 3.63) is 170 Å². The van der Waals surface area contributed by atoms with Crippen LogP contribution in [0.5, 0.6) is 0 Å². The van der Waals surface area contributed by atoms with Gasteiger partial charge in [0.25, 0.3) is 0 Å². The SMILES string of the molecule is CN(c1ccc2ccccc2c1-c1ccc2c3ccccc3n(-c3ccc4c5ccccc5c5ccccc5c4c3)c2c1)C1C=CC=CC1. The summed E-state index contributed by atoms with van der Waals surface area (Å²) in [5.74, 6) is 0. The first kappa shape index (κ1) is 27.9. The molecular weight excluding hydrogens is 593 g/mol. The highest BCUT2D eigenvalue weighted by Crippen LogP contribution is 2.43. The topological polar surface area (TPSA) is 8.17 Å². The molecule has 0 amide bonds. The monoisotopic (exact) mass is 626 g/mol. The third-order valence-electron chi connectivity index (χ3n) is 10.7. The Bertz CT molecular complexity index is 2800. The third-order valence-corrected chi connectivity index (χ3v) is 10.7. The van der Waals surface area contributed by atoms with E-state index in [-0.39, 0.29) is 0 Å². The van der Waals surface area contributed by atoms with Crippen LogP contribution >= 0.6 is 0 Å². The van der Waals surface area contributed by atoms with Gasteiger partial charge in [0.1, 0.15) is 0 Å². The smallest absolute Gasteiger partial charge is 0.0547 e. The van der Waals surface area contributed by atoms with Crippen molar-refractivity contribution in [2.45, 2.75) is 12.5 Å². The van der Waals surface area contributed by atoms with Gasteiger partial charge in [-0.05, 0) is 85.4 Å². The normalized spacial score (nSPS) is 14.6. The van der Waals surface area contributed by atoms with E-state index in [2.05, 4.69) is 186 Å². The average Bonchev–Trinajstić information content (AvgIpc) is 3.51. The van der Waals surface area contributed by atoms with Crippen LogP contribution in [0, 0.1) is 0 Å².